The lowest BCUT2D eigenvalue weighted by Crippen LogP contribution is -2.01. The number of terminal acetylenes is 1. The van der Waals surface area contributed by atoms with Gasteiger partial charge in [0, 0.05) is 12.3 Å². The number of hydrogen-bond acceptors (Lipinski definition) is 3. The molecule has 4 nitrogen and oxygen atoms in total. The van der Waals surface area contributed by atoms with Crippen LogP contribution in [-0.2, 0) is 4.79 Å². The number of aliphatic hydroxyl groups is 2. The highest BCUT2D eigenvalue weighted by Crippen LogP contribution is 2.12. The van der Waals surface area contributed by atoms with E-state index >= 15 is 0 Å². The zero-order valence-corrected chi connectivity index (χ0v) is 20.6. The Kier molecular flexibility index (Phi) is 22.9. The highest BCUT2D eigenvalue weighted by atomic mass is 16.4. The van der Waals surface area contributed by atoms with Crippen molar-refractivity contribution in [2.75, 3.05) is 0 Å². The number of aliphatic hydroxyl groups excluding tert-OH is 2. The Bertz CT molecular complexity index is 762. The molecule has 0 aliphatic heterocycles. The second-order valence-corrected chi connectivity index (χ2v) is 8.27. The number of carboxylic acids is 1. The Morgan fingerprint density at radius 3 is 2.06 bits per heavy atom. The van der Waals surface area contributed by atoms with Crippen molar-refractivity contribution in [2.45, 2.75) is 109 Å². The van der Waals surface area contributed by atoms with E-state index in [0.717, 1.165) is 57.8 Å². The summed E-state index contributed by atoms with van der Waals surface area (Å²) < 4.78 is 0. The minimum atomic E-state index is -1.09. The third kappa shape index (κ3) is 25.5. The topological polar surface area (TPSA) is 77.8 Å². The SMILES string of the molecule is C#C[C@H](O)/C=C/CCCCC#C/C=C/C(O)CCCCCCCCCCC/C=C\C#CC(=O)O. The minimum Gasteiger partial charge on any atom is -0.472 e. The van der Waals surface area contributed by atoms with Crippen LogP contribution in [-0.4, -0.2) is 33.5 Å². The molecule has 0 spiro atoms. The van der Waals surface area contributed by atoms with Crippen molar-refractivity contribution in [3.8, 4) is 36.0 Å². The van der Waals surface area contributed by atoms with Gasteiger partial charge in [-0.25, -0.2) is 4.79 Å². The van der Waals surface area contributed by atoms with E-state index in [2.05, 4.69) is 29.6 Å². The van der Waals surface area contributed by atoms with E-state index in [1.54, 1.807) is 24.3 Å². The van der Waals surface area contributed by atoms with Gasteiger partial charge < -0.3 is 15.3 Å². The number of allylic oxidation sites excluding steroid dienone is 4. The molecule has 0 heterocycles. The van der Waals surface area contributed by atoms with Gasteiger partial charge in [0.2, 0.25) is 0 Å². The van der Waals surface area contributed by atoms with Crippen LogP contribution in [0.4, 0.5) is 0 Å². The summed E-state index contributed by atoms with van der Waals surface area (Å²) in [4.78, 5) is 10.2. The number of aliphatic carboxylic acids is 1. The largest absolute Gasteiger partial charge is 0.472 e. The first-order chi connectivity index (χ1) is 16.6. The van der Waals surface area contributed by atoms with Gasteiger partial charge in [0.1, 0.15) is 6.10 Å². The molecule has 0 bridgehead atoms. The monoisotopic (exact) mass is 466 g/mol. The maximum absolute atomic E-state index is 10.2. The van der Waals surface area contributed by atoms with E-state index < -0.39 is 18.2 Å². The van der Waals surface area contributed by atoms with Crippen LogP contribution >= 0.6 is 0 Å². The standard InChI is InChI=1S/C30H42O4/c1-2-28(31)24-20-16-12-10-11-14-18-22-26-29(32)25-21-17-13-8-6-4-3-5-7-9-15-19-23-27-30(33)34/h1,15,19-20,22,24,26,28-29,31-32H,3-13,16-17,21,25H2,(H,33,34)/b19-15-,24-20+,26-22+/t28-,29?/m0/s1. The van der Waals surface area contributed by atoms with Gasteiger partial charge in [-0.15, -0.1) is 6.42 Å². The Balaban J connectivity index is 3.48. The third-order valence-corrected chi connectivity index (χ3v) is 5.17. The van der Waals surface area contributed by atoms with Crippen LogP contribution in [0.5, 0.6) is 0 Å². The van der Waals surface area contributed by atoms with Crippen molar-refractivity contribution in [1.82, 2.24) is 0 Å². The van der Waals surface area contributed by atoms with Gasteiger partial charge in [-0.05, 0) is 62.8 Å². The first kappa shape index (κ1) is 31.3. The zero-order chi connectivity index (χ0) is 25.1. The van der Waals surface area contributed by atoms with Crippen LogP contribution in [0.15, 0.2) is 36.5 Å². The molecular formula is C30H42O4. The lowest BCUT2D eigenvalue weighted by molar-refractivity contribution is -0.130. The van der Waals surface area contributed by atoms with Gasteiger partial charge in [-0.2, -0.15) is 0 Å². The van der Waals surface area contributed by atoms with Gasteiger partial charge >= 0.3 is 5.97 Å². The molecule has 2 atom stereocenters. The smallest absolute Gasteiger partial charge is 0.382 e. The molecule has 0 saturated carbocycles. The molecule has 186 valence electrons. The average Bonchev–Trinajstić information content (AvgIpc) is 2.82. The van der Waals surface area contributed by atoms with E-state index in [1.807, 2.05) is 12.2 Å². The Morgan fingerprint density at radius 2 is 1.38 bits per heavy atom. The fraction of sp³-hybridized carbons (Fsp3) is 0.567. The number of unbranched alkanes of at least 4 members (excludes halogenated alkanes) is 12. The molecule has 3 N–H and O–H groups in total. The number of carbonyl (C=O) groups is 1. The molecule has 0 amide bonds. The summed E-state index contributed by atoms with van der Waals surface area (Å²) in [5, 5.41) is 27.6. The van der Waals surface area contributed by atoms with Crippen LogP contribution in [0.3, 0.4) is 0 Å². The molecule has 0 aromatic heterocycles. The summed E-state index contributed by atoms with van der Waals surface area (Å²) in [7, 11) is 0. The number of carboxylic acid groups (broad SMARTS) is 1. The summed E-state index contributed by atoms with van der Waals surface area (Å²) in [6.07, 6.45) is 30.8. The fourth-order valence-electron chi connectivity index (χ4n) is 3.24. The van der Waals surface area contributed by atoms with Gasteiger partial charge in [0.25, 0.3) is 0 Å². The summed E-state index contributed by atoms with van der Waals surface area (Å²) in [6, 6.07) is 0. The zero-order valence-electron chi connectivity index (χ0n) is 20.6. The molecule has 0 aliphatic rings. The Labute approximate surface area is 207 Å². The lowest BCUT2D eigenvalue weighted by Gasteiger charge is -2.05. The molecule has 0 rings (SSSR count). The molecule has 0 aromatic rings. The average molecular weight is 467 g/mol. The normalized spacial score (nSPS) is 12.7. The highest BCUT2D eigenvalue weighted by molar-refractivity contribution is 5.86. The summed E-state index contributed by atoms with van der Waals surface area (Å²) >= 11 is 0. The van der Waals surface area contributed by atoms with E-state index in [4.69, 9.17) is 11.5 Å². The first-order valence-corrected chi connectivity index (χ1v) is 12.6. The Hall–Kier alpha value is -2.71. The molecule has 4 heteroatoms. The van der Waals surface area contributed by atoms with Crippen LogP contribution in [0, 0.1) is 36.0 Å². The number of rotatable bonds is 18. The van der Waals surface area contributed by atoms with Crippen LogP contribution < -0.4 is 0 Å². The predicted molar refractivity (Wildman–Crippen MR) is 141 cm³/mol. The van der Waals surface area contributed by atoms with Gasteiger partial charge in [0.15, 0.2) is 0 Å². The summed E-state index contributed by atoms with van der Waals surface area (Å²) in [5.74, 6) is 11.8. The number of hydrogen-bond donors (Lipinski definition) is 3. The molecule has 0 radical (unpaired) electrons. The third-order valence-electron chi connectivity index (χ3n) is 5.17. The van der Waals surface area contributed by atoms with Crippen molar-refractivity contribution in [3.63, 3.8) is 0 Å². The van der Waals surface area contributed by atoms with Crippen molar-refractivity contribution >= 4 is 5.97 Å². The van der Waals surface area contributed by atoms with E-state index in [1.165, 1.54) is 38.5 Å². The lowest BCUT2D eigenvalue weighted by atomic mass is 10.0. The predicted octanol–water partition coefficient (Wildman–Crippen LogP) is 5.95. The maximum Gasteiger partial charge on any atom is 0.382 e. The van der Waals surface area contributed by atoms with Crippen LogP contribution in [0.1, 0.15) is 96.3 Å². The molecule has 0 aromatic carbocycles. The second-order valence-electron chi connectivity index (χ2n) is 8.27. The van der Waals surface area contributed by atoms with E-state index in [9.17, 15) is 15.0 Å². The Morgan fingerprint density at radius 1 is 0.765 bits per heavy atom. The molecule has 0 aliphatic carbocycles. The maximum atomic E-state index is 10.2. The van der Waals surface area contributed by atoms with Crippen LogP contribution in [0.2, 0.25) is 0 Å². The van der Waals surface area contributed by atoms with Crippen LogP contribution in [0.25, 0.3) is 0 Å². The molecule has 0 fully saturated rings. The molecular weight excluding hydrogens is 424 g/mol. The molecule has 1 unspecified atom stereocenters. The van der Waals surface area contributed by atoms with Gasteiger partial charge in [-0.3, -0.25) is 0 Å². The van der Waals surface area contributed by atoms with Gasteiger partial charge in [0.05, 0.1) is 6.10 Å². The summed E-state index contributed by atoms with van der Waals surface area (Å²) in [5.41, 5.74) is 0. The quantitative estimate of drug-likeness (QED) is 0.132. The molecule has 34 heavy (non-hydrogen) atoms. The van der Waals surface area contributed by atoms with Crippen molar-refractivity contribution in [3.05, 3.63) is 36.5 Å². The molecule has 0 saturated heterocycles. The van der Waals surface area contributed by atoms with Crippen molar-refractivity contribution in [1.29, 1.82) is 0 Å². The first-order valence-electron chi connectivity index (χ1n) is 12.6. The van der Waals surface area contributed by atoms with Crippen molar-refractivity contribution in [2.24, 2.45) is 0 Å². The summed E-state index contributed by atoms with van der Waals surface area (Å²) in [6.45, 7) is 0. The van der Waals surface area contributed by atoms with E-state index in [-0.39, 0.29) is 0 Å². The second kappa shape index (κ2) is 24.9. The van der Waals surface area contributed by atoms with Gasteiger partial charge in [-0.1, -0.05) is 87.2 Å². The highest BCUT2D eigenvalue weighted by Gasteiger charge is 1.98. The minimum absolute atomic E-state index is 0.411. The van der Waals surface area contributed by atoms with Crippen molar-refractivity contribution < 1.29 is 20.1 Å². The van der Waals surface area contributed by atoms with E-state index in [0.29, 0.717) is 0 Å². The fourth-order valence-corrected chi connectivity index (χ4v) is 3.24.